The normalized spacial score (nSPS) is 15.4. The van der Waals surface area contributed by atoms with Crippen LogP contribution < -0.4 is 4.74 Å². The van der Waals surface area contributed by atoms with Crippen molar-refractivity contribution in [3.63, 3.8) is 0 Å². The van der Waals surface area contributed by atoms with Crippen molar-refractivity contribution in [3.8, 4) is 5.75 Å². The minimum absolute atomic E-state index is 0.0643. The van der Waals surface area contributed by atoms with E-state index in [1.54, 1.807) is 11.8 Å². The second-order valence-electron chi connectivity index (χ2n) is 5.70. The van der Waals surface area contributed by atoms with Crippen molar-refractivity contribution in [1.29, 1.82) is 0 Å². The zero-order valence-corrected chi connectivity index (χ0v) is 13.2. The highest BCUT2D eigenvalue weighted by Crippen LogP contribution is 2.32. The molecule has 3 rings (SSSR count). The third kappa shape index (κ3) is 3.09. The first-order valence-corrected chi connectivity index (χ1v) is 8.34. The Bertz CT molecular complexity index is 647. The smallest absolute Gasteiger partial charge is 0.316 e. The van der Waals surface area contributed by atoms with E-state index in [2.05, 4.69) is 24.0 Å². The van der Waals surface area contributed by atoms with Gasteiger partial charge < -0.3 is 14.6 Å². The van der Waals surface area contributed by atoms with E-state index in [9.17, 15) is 4.79 Å². The molecule has 2 heterocycles. The molecule has 21 heavy (non-hydrogen) atoms. The van der Waals surface area contributed by atoms with Crippen LogP contribution in [0.25, 0.3) is 10.9 Å². The molecule has 0 saturated carbocycles. The third-order valence-electron chi connectivity index (χ3n) is 3.76. The molecule has 0 spiro atoms. The number of thioether (sulfide) groups is 1. The number of likely N-dealkylation sites (N-methyl/N-ethyl adjacent to an activating group) is 1. The van der Waals surface area contributed by atoms with E-state index in [1.165, 1.54) is 5.56 Å². The van der Waals surface area contributed by atoms with Crippen LogP contribution in [0.5, 0.6) is 5.75 Å². The summed E-state index contributed by atoms with van der Waals surface area (Å²) in [5.74, 6) is 2.42. The van der Waals surface area contributed by atoms with Gasteiger partial charge in [-0.2, -0.15) is 11.8 Å². The summed E-state index contributed by atoms with van der Waals surface area (Å²) in [5, 5.41) is 1.04. The van der Waals surface area contributed by atoms with Crippen LogP contribution in [0, 0.1) is 5.92 Å². The van der Waals surface area contributed by atoms with Crippen LogP contribution in [-0.2, 0) is 11.2 Å². The lowest BCUT2D eigenvalue weighted by Crippen LogP contribution is -2.31. The summed E-state index contributed by atoms with van der Waals surface area (Å²) in [4.78, 5) is 17.5. The molecule has 1 N–H and O–H groups in total. The van der Waals surface area contributed by atoms with Crippen LogP contribution in [0.2, 0.25) is 0 Å². The minimum atomic E-state index is -0.0963. The largest absolute Gasteiger partial charge is 0.426 e. The first kappa shape index (κ1) is 14.5. The van der Waals surface area contributed by atoms with Crippen LogP contribution in [-0.4, -0.2) is 48.0 Å². The van der Waals surface area contributed by atoms with Gasteiger partial charge in [0.25, 0.3) is 0 Å². The quantitative estimate of drug-likeness (QED) is 0.681. The first-order valence-electron chi connectivity index (χ1n) is 7.18. The molecule has 1 aromatic heterocycles. The standard InChI is InChI=1S/C16H20N2O2S/c1-18(2)7-6-11-8-17-13-4-3-5-14(15(11)13)20-16(19)12-9-21-10-12/h3-5,8,12,17H,6-7,9-10H2,1-2H3. The van der Waals surface area contributed by atoms with Gasteiger partial charge in [-0.3, -0.25) is 4.79 Å². The predicted molar refractivity (Wildman–Crippen MR) is 87.0 cm³/mol. The first-order chi connectivity index (χ1) is 10.1. The molecule has 1 aliphatic rings. The van der Waals surface area contributed by atoms with Gasteiger partial charge in [-0.1, -0.05) is 6.07 Å². The maximum absolute atomic E-state index is 12.1. The summed E-state index contributed by atoms with van der Waals surface area (Å²) in [6.45, 7) is 0.967. The molecular weight excluding hydrogens is 284 g/mol. The molecule has 0 amide bonds. The Hall–Kier alpha value is -1.46. The molecular formula is C16H20N2O2S. The predicted octanol–water partition coefficient (Wildman–Crippen LogP) is 2.54. The van der Waals surface area contributed by atoms with Crippen molar-refractivity contribution in [2.75, 3.05) is 32.1 Å². The number of nitrogens with one attached hydrogen (secondary N) is 1. The zero-order valence-electron chi connectivity index (χ0n) is 12.4. The Kier molecular flexibility index (Phi) is 4.22. The minimum Gasteiger partial charge on any atom is -0.426 e. The number of hydrogen-bond donors (Lipinski definition) is 1. The summed E-state index contributed by atoms with van der Waals surface area (Å²) in [6, 6.07) is 5.83. The average molecular weight is 304 g/mol. The monoisotopic (exact) mass is 304 g/mol. The lowest BCUT2D eigenvalue weighted by Gasteiger charge is -2.22. The molecule has 1 fully saturated rings. The van der Waals surface area contributed by atoms with Gasteiger partial charge in [0.15, 0.2) is 0 Å². The number of fused-ring (bicyclic) bond motifs is 1. The lowest BCUT2D eigenvalue weighted by atomic mass is 10.1. The number of H-pyrrole nitrogens is 1. The SMILES string of the molecule is CN(C)CCc1c[nH]c2cccc(OC(=O)C3CSC3)c12. The van der Waals surface area contributed by atoms with Gasteiger partial charge in [0, 0.05) is 35.2 Å². The maximum atomic E-state index is 12.1. The van der Waals surface area contributed by atoms with Gasteiger partial charge >= 0.3 is 5.97 Å². The molecule has 2 aromatic rings. The molecule has 0 unspecified atom stereocenters. The van der Waals surface area contributed by atoms with Gasteiger partial charge in [-0.15, -0.1) is 0 Å². The van der Waals surface area contributed by atoms with E-state index in [0.717, 1.165) is 35.4 Å². The molecule has 0 radical (unpaired) electrons. The zero-order chi connectivity index (χ0) is 14.8. The summed E-state index contributed by atoms with van der Waals surface area (Å²) in [6.07, 6.45) is 2.95. The fourth-order valence-electron chi connectivity index (χ4n) is 2.41. The summed E-state index contributed by atoms with van der Waals surface area (Å²) in [5.41, 5.74) is 2.22. The number of esters is 1. The molecule has 4 nitrogen and oxygen atoms in total. The number of rotatable bonds is 5. The van der Waals surface area contributed by atoms with E-state index in [0.29, 0.717) is 5.75 Å². The highest BCUT2D eigenvalue weighted by molar-refractivity contribution is 8.00. The average Bonchev–Trinajstić information content (AvgIpc) is 2.78. The van der Waals surface area contributed by atoms with E-state index in [4.69, 9.17) is 4.74 Å². The summed E-state index contributed by atoms with van der Waals surface area (Å²) >= 11 is 1.79. The molecule has 0 bridgehead atoms. The number of ether oxygens (including phenoxy) is 1. The van der Waals surface area contributed by atoms with Crippen LogP contribution in [0.15, 0.2) is 24.4 Å². The Morgan fingerprint density at radius 3 is 2.90 bits per heavy atom. The van der Waals surface area contributed by atoms with E-state index >= 15 is 0 Å². The number of carbonyl (C=O) groups is 1. The Balaban J connectivity index is 1.86. The summed E-state index contributed by atoms with van der Waals surface area (Å²) in [7, 11) is 4.12. The Morgan fingerprint density at radius 2 is 2.24 bits per heavy atom. The van der Waals surface area contributed by atoms with E-state index in [-0.39, 0.29) is 11.9 Å². The maximum Gasteiger partial charge on any atom is 0.316 e. The van der Waals surface area contributed by atoms with E-state index in [1.807, 2.05) is 24.4 Å². The number of aromatic amines is 1. The van der Waals surface area contributed by atoms with Crippen molar-refractivity contribution >= 4 is 28.6 Å². The number of hydrogen-bond acceptors (Lipinski definition) is 4. The van der Waals surface area contributed by atoms with Gasteiger partial charge in [-0.25, -0.2) is 0 Å². The molecule has 0 atom stereocenters. The second kappa shape index (κ2) is 6.12. The molecule has 112 valence electrons. The van der Waals surface area contributed by atoms with Gasteiger partial charge in [0.05, 0.1) is 5.92 Å². The number of aromatic nitrogens is 1. The topological polar surface area (TPSA) is 45.3 Å². The Morgan fingerprint density at radius 1 is 1.43 bits per heavy atom. The van der Waals surface area contributed by atoms with Crippen molar-refractivity contribution in [1.82, 2.24) is 9.88 Å². The number of nitrogens with zero attached hydrogens (tertiary/aromatic N) is 1. The second-order valence-corrected chi connectivity index (χ2v) is 6.78. The van der Waals surface area contributed by atoms with Gasteiger partial charge in [0.1, 0.15) is 5.75 Å². The summed E-state index contributed by atoms with van der Waals surface area (Å²) < 4.78 is 5.65. The lowest BCUT2D eigenvalue weighted by molar-refractivity contribution is -0.137. The molecule has 0 aliphatic carbocycles. The van der Waals surface area contributed by atoms with Crippen LogP contribution >= 0.6 is 11.8 Å². The van der Waals surface area contributed by atoms with Crippen molar-refractivity contribution in [2.45, 2.75) is 6.42 Å². The molecule has 5 heteroatoms. The fraction of sp³-hybridized carbons (Fsp3) is 0.438. The van der Waals surface area contributed by atoms with Crippen molar-refractivity contribution < 1.29 is 9.53 Å². The fourth-order valence-corrected chi connectivity index (χ4v) is 3.15. The van der Waals surface area contributed by atoms with Crippen LogP contribution in [0.1, 0.15) is 5.56 Å². The number of carbonyl (C=O) groups excluding carboxylic acids is 1. The van der Waals surface area contributed by atoms with Gasteiger partial charge in [-0.05, 0) is 38.2 Å². The van der Waals surface area contributed by atoms with Crippen LogP contribution in [0.4, 0.5) is 0 Å². The molecule has 1 saturated heterocycles. The highest BCUT2D eigenvalue weighted by atomic mass is 32.2. The van der Waals surface area contributed by atoms with Crippen molar-refractivity contribution in [2.24, 2.45) is 5.92 Å². The van der Waals surface area contributed by atoms with Gasteiger partial charge in [0.2, 0.25) is 0 Å². The number of benzene rings is 1. The van der Waals surface area contributed by atoms with Crippen LogP contribution in [0.3, 0.4) is 0 Å². The third-order valence-corrected chi connectivity index (χ3v) is 5.04. The Labute approximate surface area is 128 Å². The van der Waals surface area contributed by atoms with Crippen molar-refractivity contribution in [3.05, 3.63) is 30.0 Å². The molecule has 1 aliphatic heterocycles. The van der Waals surface area contributed by atoms with E-state index < -0.39 is 0 Å². The molecule has 1 aromatic carbocycles. The highest BCUT2D eigenvalue weighted by Gasteiger charge is 2.28.